The minimum Gasteiger partial charge on any atom is -0.481 e. The average Bonchev–Trinajstić information content (AvgIpc) is 3.42. The summed E-state index contributed by atoms with van der Waals surface area (Å²) in [4.78, 5) is 33.0. The van der Waals surface area contributed by atoms with Crippen molar-refractivity contribution in [3.8, 4) is 28.3 Å². The molecule has 1 aliphatic rings. The second kappa shape index (κ2) is 16.0. The van der Waals surface area contributed by atoms with Crippen molar-refractivity contribution in [1.29, 1.82) is 0 Å². The first-order valence-electron chi connectivity index (χ1n) is 15.5. The summed E-state index contributed by atoms with van der Waals surface area (Å²) in [6.07, 6.45) is 9.17. The van der Waals surface area contributed by atoms with Crippen molar-refractivity contribution in [2.45, 2.75) is 64.6 Å². The quantitative estimate of drug-likeness (QED) is 0.126. The molecule has 1 atom stereocenters. The lowest BCUT2D eigenvalue weighted by Gasteiger charge is -2.29. The minimum absolute atomic E-state index is 0.0735. The van der Waals surface area contributed by atoms with Crippen molar-refractivity contribution in [2.75, 3.05) is 12.4 Å². The summed E-state index contributed by atoms with van der Waals surface area (Å²) in [6.45, 7) is 2.31. The van der Waals surface area contributed by atoms with Gasteiger partial charge < -0.3 is 24.4 Å². The largest absolute Gasteiger partial charge is 0.481 e. The Morgan fingerprint density at radius 3 is 2.60 bits per heavy atom. The highest BCUT2D eigenvalue weighted by Crippen LogP contribution is 2.38. The normalized spacial score (nSPS) is 13.8. The fourth-order valence-corrected chi connectivity index (χ4v) is 6.06. The molecule has 1 unspecified atom stereocenters. The highest BCUT2D eigenvalue weighted by Gasteiger charge is 2.25. The van der Waals surface area contributed by atoms with Crippen LogP contribution in [0.2, 0.25) is 10.0 Å². The number of methoxy groups -OCH3 is 1. The van der Waals surface area contributed by atoms with Gasteiger partial charge in [0.1, 0.15) is 11.5 Å². The van der Waals surface area contributed by atoms with Gasteiger partial charge in [0, 0.05) is 53.7 Å². The maximum Gasteiger partial charge on any atom is 0.345 e. The molecule has 2 N–H and O–H groups in total. The molecule has 47 heavy (non-hydrogen) atoms. The van der Waals surface area contributed by atoms with E-state index in [1.54, 1.807) is 42.6 Å². The Hall–Kier alpha value is -4.25. The molecule has 0 saturated heterocycles. The van der Waals surface area contributed by atoms with Crippen LogP contribution in [0.25, 0.3) is 22.4 Å². The second-order valence-electron chi connectivity index (χ2n) is 11.4. The summed E-state index contributed by atoms with van der Waals surface area (Å²) in [5.74, 6) is 0.583. The van der Waals surface area contributed by atoms with Crippen LogP contribution in [0.3, 0.4) is 0 Å². The van der Waals surface area contributed by atoms with Crippen molar-refractivity contribution in [3.63, 3.8) is 0 Å². The molecule has 246 valence electrons. The predicted octanol–water partition coefficient (Wildman–Crippen LogP) is 9.14. The lowest BCUT2D eigenvalue weighted by atomic mass is 9.81. The number of carboxylic acid groups (broad SMARTS) is 1. The number of ether oxygens (including phenoxy) is 2. The molecule has 12 heteroatoms. The number of aromatic carboxylic acids is 1. The molecule has 0 spiro atoms. The van der Waals surface area contributed by atoms with Gasteiger partial charge in [-0.2, -0.15) is 0 Å². The third kappa shape index (κ3) is 8.57. The predicted molar refractivity (Wildman–Crippen MR) is 182 cm³/mol. The van der Waals surface area contributed by atoms with Crippen molar-refractivity contribution in [2.24, 2.45) is 10.9 Å². The van der Waals surface area contributed by atoms with Gasteiger partial charge >= 0.3 is 12.0 Å². The SMILES string of the molecule is CCCc1onc(-c2c(Cl)cccc2Cl)c1COC(CC=NC(=O)Nc1ccc(C(=O)O)c(-c2ccc(OC)nc2)c1)CC1CCC1. The van der Waals surface area contributed by atoms with Gasteiger partial charge in [0.05, 0.1) is 35.4 Å². The number of benzene rings is 2. The van der Waals surface area contributed by atoms with Gasteiger partial charge in [-0.25, -0.2) is 19.6 Å². The number of aromatic nitrogens is 2. The number of halogens is 2. The number of anilines is 1. The molecule has 4 aromatic rings. The molecule has 1 aliphatic carbocycles. The first-order chi connectivity index (χ1) is 22.8. The van der Waals surface area contributed by atoms with E-state index in [4.69, 9.17) is 37.2 Å². The zero-order valence-electron chi connectivity index (χ0n) is 26.2. The van der Waals surface area contributed by atoms with Crippen molar-refractivity contribution >= 4 is 47.1 Å². The molecule has 0 aliphatic heterocycles. The fourth-order valence-electron chi connectivity index (χ4n) is 5.49. The van der Waals surface area contributed by atoms with Crippen LogP contribution in [0.15, 0.2) is 64.2 Å². The van der Waals surface area contributed by atoms with Crippen LogP contribution in [0.5, 0.6) is 5.88 Å². The molecule has 0 radical (unpaired) electrons. The van der Waals surface area contributed by atoms with Crippen LogP contribution < -0.4 is 10.1 Å². The average molecular weight is 680 g/mol. The Morgan fingerprint density at radius 2 is 1.96 bits per heavy atom. The molecular formula is C35H36Cl2N4O6. The molecule has 2 amide bonds. The first kappa shape index (κ1) is 34.1. The zero-order chi connectivity index (χ0) is 33.3. The van der Waals surface area contributed by atoms with Crippen LogP contribution in [-0.2, 0) is 17.8 Å². The third-order valence-electron chi connectivity index (χ3n) is 8.17. The number of hydrogen-bond acceptors (Lipinski definition) is 7. The van der Waals surface area contributed by atoms with E-state index in [1.165, 1.54) is 31.9 Å². The number of aryl methyl sites for hydroxylation is 1. The molecule has 10 nitrogen and oxygen atoms in total. The Balaban J connectivity index is 1.28. The number of carbonyl (C=O) groups excluding carboxylic acids is 1. The summed E-state index contributed by atoms with van der Waals surface area (Å²) in [5, 5.41) is 17.7. The lowest BCUT2D eigenvalue weighted by molar-refractivity contribution is 0.0201. The summed E-state index contributed by atoms with van der Waals surface area (Å²) >= 11 is 13.0. The van der Waals surface area contributed by atoms with Crippen molar-refractivity contribution in [1.82, 2.24) is 10.1 Å². The minimum atomic E-state index is -1.10. The number of nitrogens with zero attached hydrogens (tertiary/aromatic N) is 3. The number of pyridine rings is 1. The van der Waals surface area contributed by atoms with Gasteiger partial charge in [0.2, 0.25) is 5.88 Å². The number of nitrogens with one attached hydrogen (secondary N) is 1. The summed E-state index contributed by atoms with van der Waals surface area (Å²) in [6, 6.07) is 12.6. The van der Waals surface area contributed by atoms with Crippen LogP contribution in [0.4, 0.5) is 10.5 Å². The number of carboxylic acids is 1. The van der Waals surface area contributed by atoms with Gasteiger partial charge in [-0.3, -0.25) is 0 Å². The fraction of sp³-hybridized carbons (Fsp3) is 0.343. The molecule has 1 saturated carbocycles. The summed E-state index contributed by atoms with van der Waals surface area (Å²) < 4.78 is 17.3. The van der Waals surface area contributed by atoms with Gasteiger partial charge in [0.25, 0.3) is 0 Å². The van der Waals surface area contributed by atoms with Gasteiger partial charge in [-0.1, -0.05) is 60.6 Å². The van der Waals surface area contributed by atoms with E-state index in [9.17, 15) is 14.7 Å². The van der Waals surface area contributed by atoms with E-state index < -0.39 is 12.0 Å². The van der Waals surface area contributed by atoms with Crippen molar-refractivity contribution < 1.29 is 28.7 Å². The van der Waals surface area contributed by atoms with E-state index in [0.717, 1.165) is 37.0 Å². The standard InChI is InChI=1S/C35H36Cl2N4O6/c1-3-6-30-27(33(41-47-30)32-28(36)9-5-10-29(32)37)20-46-24(17-21-7-4-8-21)15-16-38-35(44)40-23-12-13-25(34(42)43)26(18-23)22-11-14-31(45-2)39-19-22/h5,9-14,16,18-19,21,24H,3-4,6-8,15,17,20H2,1-2H3,(H,40,44)(H,42,43). The van der Waals surface area contributed by atoms with Crippen LogP contribution in [0.1, 0.15) is 67.1 Å². The number of aliphatic imine (C=N–C) groups is 1. The number of hydrogen-bond donors (Lipinski definition) is 2. The molecule has 2 heterocycles. The van der Waals surface area contributed by atoms with E-state index in [2.05, 4.69) is 27.4 Å². The molecule has 1 fully saturated rings. The highest BCUT2D eigenvalue weighted by molar-refractivity contribution is 6.39. The number of amides is 2. The Labute approximate surface area is 283 Å². The van der Waals surface area contributed by atoms with Crippen LogP contribution in [0, 0.1) is 5.92 Å². The Bertz CT molecular complexity index is 1720. The molecule has 0 bridgehead atoms. The van der Waals surface area contributed by atoms with Gasteiger partial charge in [0.15, 0.2) is 0 Å². The smallest absolute Gasteiger partial charge is 0.345 e. The third-order valence-corrected chi connectivity index (χ3v) is 8.80. The van der Waals surface area contributed by atoms with Gasteiger partial charge in [-0.05, 0) is 60.7 Å². The van der Waals surface area contributed by atoms with Crippen LogP contribution in [-0.4, -0.2) is 46.7 Å². The Morgan fingerprint density at radius 1 is 1.17 bits per heavy atom. The summed E-state index contributed by atoms with van der Waals surface area (Å²) in [5.41, 5.74) is 3.42. The molecular weight excluding hydrogens is 643 g/mol. The van der Waals surface area contributed by atoms with E-state index in [-0.39, 0.29) is 18.3 Å². The topological polar surface area (TPSA) is 136 Å². The highest BCUT2D eigenvalue weighted by atomic mass is 35.5. The molecule has 2 aromatic carbocycles. The number of carbonyl (C=O) groups is 2. The van der Waals surface area contributed by atoms with E-state index in [1.807, 2.05) is 0 Å². The van der Waals surface area contributed by atoms with Crippen LogP contribution >= 0.6 is 23.2 Å². The zero-order valence-corrected chi connectivity index (χ0v) is 27.7. The maximum absolute atomic E-state index is 12.8. The number of rotatable bonds is 14. The monoisotopic (exact) mass is 678 g/mol. The first-order valence-corrected chi connectivity index (χ1v) is 16.3. The number of urea groups is 1. The Kier molecular flexibility index (Phi) is 11.6. The van der Waals surface area contributed by atoms with Crippen molar-refractivity contribution in [3.05, 3.63) is 81.7 Å². The second-order valence-corrected chi connectivity index (χ2v) is 12.2. The molecule has 2 aromatic heterocycles. The maximum atomic E-state index is 12.8. The summed E-state index contributed by atoms with van der Waals surface area (Å²) in [7, 11) is 1.50. The lowest BCUT2D eigenvalue weighted by Crippen LogP contribution is -2.23. The van der Waals surface area contributed by atoms with E-state index in [0.29, 0.717) is 62.8 Å². The molecule has 5 rings (SSSR count). The van der Waals surface area contributed by atoms with Gasteiger partial charge in [-0.15, -0.1) is 0 Å². The van der Waals surface area contributed by atoms with E-state index >= 15 is 0 Å².